The highest BCUT2D eigenvalue weighted by atomic mass is 35.5. The van der Waals surface area contributed by atoms with E-state index in [1.165, 1.54) is 6.08 Å². The molecule has 0 aliphatic carbocycles. The Balaban J connectivity index is 1.73. The van der Waals surface area contributed by atoms with Gasteiger partial charge in [0.15, 0.2) is 11.5 Å². The van der Waals surface area contributed by atoms with Crippen LogP contribution in [0.2, 0.25) is 5.02 Å². The summed E-state index contributed by atoms with van der Waals surface area (Å²) in [7, 11) is 3.67. The first kappa shape index (κ1) is 22.0. The molecule has 2 aromatic carbocycles. The number of rotatable bonds is 7. The number of halogens is 1. The first-order valence-corrected chi connectivity index (χ1v) is 10.4. The van der Waals surface area contributed by atoms with Gasteiger partial charge in [0.05, 0.1) is 30.1 Å². The quantitative estimate of drug-likeness (QED) is 0.670. The van der Waals surface area contributed by atoms with Crippen LogP contribution in [0.1, 0.15) is 12.5 Å². The Hall–Kier alpha value is -2.70. The second kappa shape index (κ2) is 10.4. The standard InChI is InChI=1S/C23H28ClN3O3/c1-4-30-21-16-17(15-18(24)23(21)29-3)9-10-22(28)25-19-7-5-6-8-20(19)27-13-11-26(2)12-14-27/h5-10,15-16H,4,11-14H2,1-3H3,(H,25,28)/b10-9+. The number of anilines is 2. The Labute approximate surface area is 183 Å². The van der Waals surface area contributed by atoms with Crippen molar-refractivity contribution in [1.82, 2.24) is 4.90 Å². The van der Waals surface area contributed by atoms with Gasteiger partial charge in [-0.1, -0.05) is 23.7 Å². The summed E-state index contributed by atoms with van der Waals surface area (Å²) in [5.74, 6) is 0.829. The molecule has 0 unspecified atom stereocenters. The zero-order chi connectivity index (χ0) is 21.5. The molecule has 1 amide bonds. The van der Waals surface area contributed by atoms with Crippen LogP contribution in [0, 0.1) is 0 Å². The molecule has 1 fully saturated rings. The van der Waals surface area contributed by atoms with E-state index in [0.29, 0.717) is 23.1 Å². The normalized spacial score (nSPS) is 14.7. The molecule has 1 heterocycles. The fourth-order valence-electron chi connectivity index (χ4n) is 3.39. The monoisotopic (exact) mass is 429 g/mol. The number of amides is 1. The van der Waals surface area contributed by atoms with Crippen molar-refractivity contribution in [2.24, 2.45) is 0 Å². The third-order valence-electron chi connectivity index (χ3n) is 4.97. The fourth-order valence-corrected chi connectivity index (χ4v) is 3.69. The van der Waals surface area contributed by atoms with Gasteiger partial charge >= 0.3 is 0 Å². The number of carbonyl (C=O) groups excluding carboxylic acids is 1. The molecule has 0 aromatic heterocycles. The molecule has 30 heavy (non-hydrogen) atoms. The van der Waals surface area contributed by atoms with Crippen LogP contribution >= 0.6 is 11.6 Å². The number of methoxy groups -OCH3 is 1. The Kier molecular flexibility index (Phi) is 7.60. The average molecular weight is 430 g/mol. The van der Waals surface area contributed by atoms with Gasteiger partial charge in [0.25, 0.3) is 0 Å². The van der Waals surface area contributed by atoms with Crippen molar-refractivity contribution >= 4 is 35.0 Å². The zero-order valence-electron chi connectivity index (χ0n) is 17.7. The minimum absolute atomic E-state index is 0.207. The Morgan fingerprint density at radius 3 is 2.63 bits per heavy atom. The molecular formula is C23H28ClN3O3. The van der Waals surface area contributed by atoms with E-state index in [9.17, 15) is 4.79 Å². The molecule has 0 radical (unpaired) electrons. The van der Waals surface area contributed by atoms with E-state index in [1.54, 1.807) is 25.3 Å². The summed E-state index contributed by atoms with van der Waals surface area (Å²) in [5, 5.41) is 3.43. The maximum Gasteiger partial charge on any atom is 0.248 e. The maximum atomic E-state index is 12.6. The summed E-state index contributed by atoms with van der Waals surface area (Å²) in [6.07, 6.45) is 3.20. The second-order valence-corrected chi connectivity index (χ2v) is 7.50. The van der Waals surface area contributed by atoms with Gasteiger partial charge in [-0.3, -0.25) is 4.79 Å². The van der Waals surface area contributed by atoms with Gasteiger partial charge in [0.1, 0.15) is 0 Å². The van der Waals surface area contributed by atoms with Crippen LogP contribution in [-0.2, 0) is 4.79 Å². The first-order valence-electron chi connectivity index (χ1n) is 10.0. The third-order valence-corrected chi connectivity index (χ3v) is 5.25. The van der Waals surface area contributed by atoms with Gasteiger partial charge in [0, 0.05) is 32.3 Å². The van der Waals surface area contributed by atoms with Crippen LogP contribution in [0.4, 0.5) is 11.4 Å². The number of hydrogen-bond acceptors (Lipinski definition) is 5. The first-order chi connectivity index (χ1) is 14.5. The molecule has 6 nitrogen and oxygen atoms in total. The highest BCUT2D eigenvalue weighted by molar-refractivity contribution is 6.32. The molecule has 0 atom stereocenters. The molecule has 1 saturated heterocycles. The summed E-state index contributed by atoms with van der Waals surface area (Å²) < 4.78 is 10.9. The van der Waals surface area contributed by atoms with Gasteiger partial charge in [-0.25, -0.2) is 0 Å². The van der Waals surface area contributed by atoms with E-state index in [2.05, 4.69) is 22.2 Å². The minimum Gasteiger partial charge on any atom is -0.491 e. The lowest BCUT2D eigenvalue weighted by Gasteiger charge is -2.35. The minimum atomic E-state index is -0.207. The predicted octanol–water partition coefficient (Wildman–Crippen LogP) is 4.15. The number of benzene rings is 2. The van der Waals surface area contributed by atoms with Gasteiger partial charge < -0.3 is 24.6 Å². The molecule has 0 saturated carbocycles. The van der Waals surface area contributed by atoms with Crippen molar-refractivity contribution in [3.8, 4) is 11.5 Å². The molecule has 0 bridgehead atoms. The highest BCUT2D eigenvalue weighted by Gasteiger charge is 2.17. The lowest BCUT2D eigenvalue weighted by Crippen LogP contribution is -2.44. The average Bonchev–Trinajstić information content (AvgIpc) is 2.73. The van der Waals surface area contributed by atoms with E-state index in [0.717, 1.165) is 43.1 Å². The van der Waals surface area contributed by atoms with Crippen LogP contribution in [0.5, 0.6) is 11.5 Å². The van der Waals surface area contributed by atoms with Crippen molar-refractivity contribution in [3.63, 3.8) is 0 Å². The van der Waals surface area contributed by atoms with Crippen molar-refractivity contribution in [2.45, 2.75) is 6.92 Å². The Morgan fingerprint density at radius 2 is 1.93 bits per heavy atom. The van der Waals surface area contributed by atoms with Crippen molar-refractivity contribution in [1.29, 1.82) is 0 Å². The highest BCUT2D eigenvalue weighted by Crippen LogP contribution is 2.36. The summed E-state index contributed by atoms with van der Waals surface area (Å²) >= 11 is 6.28. The van der Waals surface area contributed by atoms with E-state index in [4.69, 9.17) is 21.1 Å². The molecule has 0 spiro atoms. The third kappa shape index (κ3) is 5.46. The smallest absolute Gasteiger partial charge is 0.248 e. The van der Waals surface area contributed by atoms with E-state index in [1.807, 2.05) is 31.2 Å². The second-order valence-electron chi connectivity index (χ2n) is 7.10. The number of likely N-dealkylation sites (N-methyl/N-ethyl adjacent to an activating group) is 1. The molecule has 1 aliphatic rings. The lowest BCUT2D eigenvalue weighted by atomic mass is 10.1. The molecule has 1 aliphatic heterocycles. The van der Waals surface area contributed by atoms with Gasteiger partial charge in [0.2, 0.25) is 5.91 Å². The van der Waals surface area contributed by atoms with Crippen LogP contribution in [-0.4, -0.2) is 57.8 Å². The number of hydrogen-bond donors (Lipinski definition) is 1. The van der Waals surface area contributed by atoms with Crippen molar-refractivity contribution in [3.05, 3.63) is 53.1 Å². The molecule has 7 heteroatoms. The molecule has 2 aromatic rings. The molecule has 1 N–H and O–H groups in total. The van der Waals surface area contributed by atoms with E-state index < -0.39 is 0 Å². The van der Waals surface area contributed by atoms with Crippen molar-refractivity contribution < 1.29 is 14.3 Å². The van der Waals surface area contributed by atoms with Crippen LogP contribution < -0.4 is 19.7 Å². The van der Waals surface area contributed by atoms with Gasteiger partial charge in [-0.05, 0) is 49.9 Å². The molecule has 160 valence electrons. The SMILES string of the molecule is CCOc1cc(/C=C/C(=O)Nc2ccccc2N2CCN(C)CC2)cc(Cl)c1OC. The maximum absolute atomic E-state index is 12.6. The van der Waals surface area contributed by atoms with E-state index in [-0.39, 0.29) is 5.91 Å². The Morgan fingerprint density at radius 1 is 1.20 bits per heavy atom. The Bertz CT molecular complexity index is 909. The fraction of sp³-hybridized carbons (Fsp3) is 0.348. The van der Waals surface area contributed by atoms with Crippen LogP contribution in [0.25, 0.3) is 6.08 Å². The lowest BCUT2D eigenvalue weighted by molar-refractivity contribution is -0.111. The largest absolute Gasteiger partial charge is 0.491 e. The van der Waals surface area contributed by atoms with Crippen LogP contribution in [0.3, 0.4) is 0 Å². The summed E-state index contributed by atoms with van der Waals surface area (Å²) in [5.41, 5.74) is 2.60. The number of nitrogens with zero attached hydrogens (tertiary/aromatic N) is 2. The van der Waals surface area contributed by atoms with E-state index >= 15 is 0 Å². The molecular weight excluding hydrogens is 402 g/mol. The zero-order valence-corrected chi connectivity index (χ0v) is 18.4. The summed E-state index contributed by atoms with van der Waals surface area (Å²) in [6.45, 7) is 6.25. The van der Waals surface area contributed by atoms with Gasteiger partial charge in [-0.2, -0.15) is 0 Å². The summed E-state index contributed by atoms with van der Waals surface area (Å²) in [4.78, 5) is 17.2. The van der Waals surface area contributed by atoms with Crippen LogP contribution in [0.15, 0.2) is 42.5 Å². The number of nitrogens with one attached hydrogen (secondary N) is 1. The molecule has 3 rings (SSSR count). The number of piperazine rings is 1. The van der Waals surface area contributed by atoms with Crippen molar-refractivity contribution in [2.75, 3.05) is 57.2 Å². The summed E-state index contributed by atoms with van der Waals surface area (Å²) in [6, 6.07) is 11.4. The number of carbonyl (C=O) groups is 1. The number of para-hydroxylation sites is 2. The topological polar surface area (TPSA) is 54.0 Å². The number of ether oxygens (including phenoxy) is 2. The predicted molar refractivity (Wildman–Crippen MR) is 123 cm³/mol. The van der Waals surface area contributed by atoms with Gasteiger partial charge in [-0.15, -0.1) is 0 Å².